The molecule has 0 saturated heterocycles. The molecule has 9 heteroatoms. The van der Waals surface area contributed by atoms with Crippen LogP contribution in [0.3, 0.4) is 0 Å². The third-order valence-electron chi connectivity index (χ3n) is 4.10. The van der Waals surface area contributed by atoms with Crippen molar-refractivity contribution in [2.75, 3.05) is 30.3 Å². The van der Waals surface area contributed by atoms with Gasteiger partial charge < -0.3 is 9.72 Å². The topological polar surface area (TPSA) is 74.8 Å². The highest BCUT2D eigenvalue weighted by Gasteiger charge is 2.27. The van der Waals surface area contributed by atoms with E-state index in [4.69, 9.17) is 4.74 Å². The lowest BCUT2D eigenvalue weighted by Crippen LogP contribution is -2.34. The molecule has 0 radical (unpaired) electrons. The van der Waals surface area contributed by atoms with Crippen LogP contribution in [-0.2, 0) is 14.8 Å². The standard InChI is InChI=1S/C20H23N3O3S3/c1-3-26-11-10-23(29(24,25)19-8-5-12-28-19)18-7-4-6-16-14-17(22-20(16)18)15-21-9-13-27-2/h4-9,12-15,22H,3,10-11H2,1-2H3/b13-9-,21-15?. The molecule has 6 nitrogen and oxygen atoms in total. The maximum absolute atomic E-state index is 13.3. The van der Waals surface area contributed by atoms with E-state index in [1.165, 1.54) is 15.6 Å². The summed E-state index contributed by atoms with van der Waals surface area (Å²) in [5.41, 5.74) is 2.14. The number of nitrogens with one attached hydrogen (secondary N) is 1. The van der Waals surface area contributed by atoms with E-state index in [1.54, 1.807) is 41.7 Å². The molecule has 2 heterocycles. The number of rotatable bonds is 10. The van der Waals surface area contributed by atoms with E-state index >= 15 is 0 Å². The van der Waals surface area contributed by atoms with Gasteiger partial charge in [0, 0.05) is 18.2 Å². The van der Waals surface area contributed by atoms with Gasteiger partial charge in [-0.15, -0.1) is 23.1 Å². The molecule has 1 aromatic carbocycles. The smallest absolute Gasteiger partial charge is 0.273 e. The van der Waals surface area contributed by atoms with E-state index in [9.17, 15) is 8.42 Å². The quantitative estimate of drug-likeness (QED) is 0.359. The highest BCUT2D eigenvalue weighted by Crippen LogP contribution is 2.32. The van der Waals surface area contributed by atoms with Crippen LogP contribution in [0.15, 0.2) is 62.6 Å². The number of H-pyrrole nitrogens is 1. The summed E-state index contributed by atoms with van der Waals surface area (Å²) in [4.78, 5) is 7.54. The Morgan fingerprint density at radius 1 is 1.31 bits per heavy atom. The van der Waals surface area contributed by atoms with Gasteiger partial charge in [0.05, 0.1) is 36.3 Å². The van der Waals surface area contributed by atoms with Crippen LogP contribution in [0.25, 0.3) is 10.9 Å². The van der Waals surface area contributed by atoms with Gasteiger partial charge in [-0.25, -0.2) is 8.42 Å². The summed E-state index contributed by atoms with van der Waals surface area (Å²) < 4.78 is 33.8. The van der Waals surface area contributed by atoms with E-state index in [0.717, 1.165) is 16.6 Å². The zero-order valence-corrected chi connectivity index (χ0v) is 18.7. The minimum absolute atomic E-state index is 0.228. The van der Waals surface area contributed by atoms with Crippen molar-refractivity contribution in [1.82, 2.24) is 4.98 Å². The molecule has 0 spiro atoms. The van der Waals surface area contributed by atoms with Crippen LogP contribution in [0.4, 0.5) is 5.69 Å². The summed E-state index contributed by atoms with van der Waals surface area (Å²) >= 11 is 2.78. The van der Waals surface area contributed by atoms with E-state index in [1.807, 2.05) is 42.9 Å². The van der Waals surface area contributed by atoms with Crippen molar-refractivity contribution in [3.63, 3.8) is 0 Å². The molecule has 0 aliphatic rings. The Balaban J connectivity index is 2.04. The first kappa shape index (κ1) is 21.6. The number of aromatic amines is 1. The number of para-hydroxylation sites is 1. The number of thioether (sulfide) groups is 1. The molecule has 0 unspecified atom stereocenters. The van der Waals surface area contributed by atoms with Gasteiger partial charge in [0.1, 0.15) is 4.21 Å². The fourth-order valence-electron chi connectivity index (χ4n) is 2.84. The number of hydrogen-bond donors (Lipinski definition) is 1. The first-order valence-electron chi connectivity index (χ1n) is 9.04. The number of hydrogen-bond acceptors (Lipinski definition) is 6. The van der Waals surface area contributed by atoms with Crippen molar-refractivity contribution in [3.8, 4) is 0 Å². The number of aromatic nitrogens is 1. The van der Waals surface area contributed by atoms with Crippen molar-refractivity contribution in [2.24, 2.45) is 4.99 Å². The van der Waals surface area contributed by atoms with Gasteiger partial charge in [-0.2, -0.15) is 0 Å². The Kier molecular flexibility index (Phi) is 7.54. The highest BCUT2D eigenvalue weighted by molar-refractivity contribution is 8.01. The van der Waals surface area contributed by atoms with Gasteiger partial charge in [-0.3, -0.25) is 9.30 Å². The van der Waals surface area contributed by atoms with Crippen LogP contribution in [0.5, 0.6) is 0 Å². The number of sulfonamides is 1. The number of nitrogens with zero attached hydrogens (tertiary/aromatic N) is 2. The summed E-state index contributed by atoms with van der Waals surface area (Å²) in [5.74, 6) is 0. The number of ether oxygens (including phenoxy) is 1. The molecule has 0 atom stereocenters. The number of fused-ring (bicyclic) bond motifs is 1. The van der Waals surface area contributed by atoms with Gasteiger partial charge in [0.2, 0.25) is 0 Å². The van der Waals surface area contributed by atoms with E-state index < -0.39 is 10.0 Å². The third-order valence-corrected chi connectivity index (χ3v) is 7.68. The maximum Gasteiger partial charge on any atom is 0.273 e. The Bertz CT molecular complexity index is 1090. The predicted molar refractivity (Wildman–Crippen MR) is 124 cm³/mol. The van der Waals surface area contributed by atoms with Crippen LogP contribution in [0.2, 0.25) is 0 Å². The number of thiophene rings is 1. The van der Waals surface area contributed by atoms with Crippen LogP contribution in [-0.4, -0.2) is 45.6 Å². The summed E-state index contributed by atoms with van der Waals surface area (Å²) in [6.07, 6.45) is 5.40. The van der Waals surface area contributed by atoms with Crippen LogP contribution < -0.4 is 4.31 Å². The Morgan fingerprint density at radius 3 is 2.90 bits per heavy atom. The van der Waals surface area contributed by atoms with Gasteiger partial charge in [-0.05, 0) is 42.2 Å². The van der Waals surface area contributed by atoms with Gasteiger partial charge in [0.15, 0.2) is 0 Å². The summed E-state index contributed by atoms with van der Waals surface area (Å²) in [7, 11) is -3.69. The average Bonchev–Trinajstić information content (AvgIpc) is 3.38. The normalized spacial score (nSPS) is 12.5. The fourth-order valence-corrected chi connectivity index (χ4v) is 5.60. The van der Waals surface area contributed by atoms with E-state index in [2.05, 4.69) is 9.98 Å². The lowest BCUT2D eigenvalue weighted by Gasteiger charge is -2.24. The molecule has 154 valence electrons. The maximum atomic E-state index is 13.3. The largest absolute Gasteiger partial charge is 0.380 e. The molecular weight excluding hydrogens is 426 g/mol. The Labute approximate surface area is 179 Å². The van der Waals surface area contributed by atoms with E-state index in [0.29, 0.717) is 23.1 Å². The van der Waals surface area contributed by atoms with Crippen molar-refractivity contribution >= 4 is 55.9 Å². The predicted octanol–water partition coefficient (Wildman–Crippen LogP) is 4.71. The van der Waals surface area contributed by atoms with Crippen molar-refractivity contribution in [3.05, 3.63) is 59.1 Å². The first-order chi connectivity index (χ1) is 14.1. The molecule has 3 aromatic rings. The molecule has 0 saturated carbocycles. The number of benzene rings is 1. The second-order valence-corrected chi connectivity index (χ2v) is 9.75. The molecule has 3 rings (SSSR count). The number of aliphatic imine (C=N–C) groups is 1. The van der Waals surface area contributed by atoms with Crippen molar-refractivity contribution in [1.29, 1.82) is 0 Å². The lowest BCUT2D eigenvalue weighted by atomic mass is 10.2. The van der Waals surface area contributed by atoms with Crippen LogP contribution >= 0.6 is 23.1 Å². The molecule has 0 bridgehead atoms. The molecule has 29 heavy (non-hydrogen) atoms. The van der Waals surface area contributed by atoms with Gasteiger partial charge in [0.25, 0.3) is 10.0 Å². The van der Waals surface area contributed by atoms with Crippen molar-refractivity contribution < 1.29 is 13.2 Å². The van der Waals surface area contributed by atoms with Gasteiger partial charge >= 0.3 is 0 Å². The van der Waals surface area contributed by atoms with Crippen LogP contribution in [0, 0.1) is 0 Å². The molecule has 0 aliphatic heterocycles. The molecule has 0 fully saturated rings. The molecule has 1 N–H and O–H groups in total. The van der Waals surface area contributed by atoms with Crippen LogP contribution in [0.1, 0.15) is 12.6 Å². The monoisotopic (exact) mass is 449 g/mol. The van der Waals surface area contributed by atoms with Gasteiger partial charge in [-0.1, -0.05) is 18.2 Å². The molecule has 0 amide bonds. The minimum Gasteiger partial charge on any atom is -0.380 e. The summed E-state index contributed by atoms with van der Waals surface area (Å²) in [6.45, 7) is 2.96. The second-order valence-electron chi connectivity index (χ2n) is 5.97. The highest BCUT2D eigenvalue weighted by atomic mass is 32.2. The average molecular weight is 450 g/mol. The Morgan fingerprint density at radius 2 is 2.17 bits per heavy atom. The SMILES string of the molecule is CCOCCN(c1cccc2cc(C=N/C=C\SC)[nH]c12)S(=O)(=O)c1cccs1. The zero-order chi connectivity index (χ0) is 20.7. The molecule has 0 aliphatic carbocycles. The van der Waals surface area contributed by atoms with E-state index in [-0.39, 0.29) is 6.54 Å². The fraction of sp³-hybridized carbons (Fsp3) is 0.250. The summed E-state index contributed by atoms with van der Waals surface area (Å²) in [5, 5.41) is 4.56. The number of anilines is 1. The Hall–Kier alpha value is -2.07. The first-order valence-corrected chi connectivity index (χ1v) is 12.7. The minimum atomic E-state index is -3.69. The third kappa shape index (κ3) is 5.11. The summed E-state index contributed by atoms with van der Waals surface area (Å²) in [6, 6.07) is 10.9. The molecular formula is C20H23N3O3S3. The van der Waals surface area contributed by atoms with Crippen molar-refractivity contribution in [2.45, 2.75) is 11.1 Å². The lowest BCUT2D eigenvalue weighted by molar-refractivity contribution is 0.156. The molecule has 2 aromatic heterocycles. The zero-order valence-electron chi connectivity index (χ0n) is 16.2. The second kappa shape index (κ2) is 10.1.